The van der Waals surface area contributed by atoms with E-state index in [0.29, 0.717) is 11.8 Å². The van der Waals surface area contributed by atoms with Gasteiger partial charge in [0.25, 0.3) is 17.7 Å². The molecule has 2 aliphatic rings. The van der Waals surface area contributed by atoms with Crippen LogP contribution in [0.2, 0.25) is 0 Å². The van der Waals surface area contributed by atoms with E-state index in [9.17, 15) is 19.2 Å². The smallest absolute Gasteiger partial charge is 0.338 e. The molecule has 160 valence electrons. The maximum absolute atomic E-state index is 12.5. The number of benzene rings is 1. The first-order valence-electron chi connectivity index (χ1n) is 10.4. The third-order valence-corrected chi connectivity index (χ3v) is 6.21. The van der Waals surface area contributed by atoms with E-state index in [1.54, 1.807) is 0 Å². The number of fused-ring (bicyclic) bond motifs is 1. The van der Waals surface area contributed by atoms with Gasteiger partial charge in [-0.2, -0.15) is 0 Å². The van der Waals surface area contributed by atoms with Crippen molar-refractivity contribution in [2.24, 2.45) is 11.8 Å². The molecule has 1 heterocycles. The highest BCUT2D eigenvalue weighted by molar-refractivity contribution is 6.22. The molecule has 1 aliphatic carbocycles. The van der Waals surface area contributed by atoms with Crippen molar-refractivity contribution in [1.29, 1.82) is 0 Å². The van der Waals surface area contributed by atoms with E-state index in [4.69, 9.17) is 4.74 Å². The van der Waals surface area contributed by atoms with Crippen LogP contribution in [-0.2, 0) is 9.53 Å². The van der Waals surface area contributed by atoms with Crippen molar-refractivity contribution in [1.82, 2.24) is 10.2 Å². The van der Waals surface area contributed by atoms with Crippen molar-refractivity contribution in [3.05, 3.63) is 47.5 Å². The summed E-state index contributed by atoms with van der Waals surface area (Å²) in [5.41, 5.74) is 0.512. The molecule has 1 fully saturated rings. The molecule has 1 saturated carbocycles. The molecule has 7 heteroatoms. The molecule has 0 saturated heterocycles. The van der Waals surface area contributed by atoms with Crippen LogP contribution in [-0.4, -0.2) is 47.3 Å². The maximum atomic E-state index is 12.5. The van der Waals surface area contributed by atoms with Crippen LogP contribution in [0.25, 0.3) is 0 Å². The highest BCUT2D eigenvalue weighted by Crippen LogP contribution is 2.29. The van der Waals surface area contributed by atoms with E-state index < -0.39 is 23.9 Å². The lowest BCUT2D eigenvalue weighted by atomic mass is 9.78. The highest BCUT2D eigenvalue weighted by atomic mass is 16.5. The molecular formula is C23H28N2O5. The first kappa shape index (κ1) is 21.7. The SMILES string of the molecule is C=CCN1C(=O)c2ccc(C(=O)O[C@H](C)C(=O)N[C@@H]3CCC[C@H](C)[C@H]3C)cc2C1=O. The van der Waals surface area contributed by atoms with E-state index in [0.717, 1.165) is 24.2 Å². The number of imide groups is 1. The second-order valence-corrected chi connectivity index (χ2v) is 8.20. The first-order chi connectivity index (χ1) is 14.2. The van der Waals surface area contributed by atoms with Crippen molar-refractivity contribution >= 4 is 23.7 Å². The molecule has 1 N–H and O–H groups in total. The number of nitrogens with zero attached hydrogens (tertiary/aromatic N) is 1. The fourth-order valence-electron chi connectivity index (χ4n) is 4.08. The molecule has 1 aromatic rings. The molecule has 0 unspecified atom stereocenters. The minimum Gasteiger partial charge on any atom is -0.449 e. The molecule has 1 aromatic carbocycles. The van der Waals surface area contributed by atoms with Crippen LogP contribution in [0.3, 0.4) is 0 Å². The molecule has 30 heavy (non-hydrogen) atoms. The summed E-state index contributed by atoms with van der Waals surface area (Å²) in [6.45, 7) is 9.48. The van der Waals surface area contributed by atoms with Gasteiger partial charge >= 0.3 is 5.97 Å². The quantitative estimate of drug-likeness (QED) is 0.441. The Morgan fingerprint density at radius 1 is 1.23 bits per heavy atom. The molecule has 3 rings (SSSR count). The maximum Gasteiger partial charge on any atom is 0.338 e. The summed E-state index contributed by atoms with van der Waals surface area (Å²) in [6.07, 6.45) is 3.63. The lowest BCUT2D eigenvalue weighted by Gasteiger charge is -2.35. The van der Waals surface area contributed by atoms with Crippen LogP contribution in [0, 0.1) is 11.8 Å². The summed E-state index contributed by atoms with van der Waals surface area (Å²) in [5.74, 6) is -1.04. The van der Waals surface area contributed by atoms with Crippen molar-refractivity contribution < 1.29 is 23.9 Å². The zero-order chi connectivity index (χ0) is 22.0. The Kier molecular flexibility index (Phi) is 6.39. The predicted octanol–water partition coefficient (Wildman–Crippen LogP) is 2.95. The number of hydrogen-bond donors (Lipinski definition) is 1. The number of hydrogen-bond acceptors (Lipinski definition) is 5. The Bertz CT molecular complexity index is 894. The van der Waals surface area contributed by atoms with Gasteiger partial charge in [-0.3, -0.25) is 19.3 Å². The molecule has 0 radical (unpaired) electrons. The largest absolute Gasteiger partial charge is 0.449 e. The van der Waals surface area contributed by atoms with Crippen LogP contribution in [0.1, 0.15) is 71.1 Å². The molecule has 7 nitrogen and oxygen atoms in total. The van der Waals surface area contributed by atoms with Crippen LogP contribution in [0.15, 0.2) is 30.9 Å². The number of carbonyl (C=O) groups is 4. The van der Waals surface area contributed by atoms with Gasteiger partial charge in [-0.25, -0.2) is 4.79 Å². The minimum atomic E-state index is -0.968. The van der Waals surface area contributed by atoms with Gasteiger partial charge in [0.05, 0.1) is 16.7 Å². The summed E-state index contributed by atoms with van der Waals surface area (Å²) in [6, 6.07) is 4.28. The molecule has 0 bridgehead atoms. The summed E-state index contributed by atoms with van der Waals surface area (Å²) >= 11 is 0. The van der Waals surface area contributed by atoms with Crippen LogP contribution in [0.5, 0.6) is 0 Å². The molecule has 0 aromatic heterocycles. The third-order valence-electron chi connectivity index (χ3n) is 6.21. The normalized spacial score (nSPS) is 24.2. The van der Waals surface area contributed by atoms with Gasteiger partial charge in [-0.1, -0.05) is 32.8 Å². The number of nitrogens with one attached hydrogen (secondary N) is 1. The summed E-state index contributed by atoms with van der Waals surface area (Å²) < 4.78 is 5.32. The number of amides is 3. The van der Waals surface area contributed by atoms with E-state index in [2.05, 4.69) is 25.7 Å². The number of ether oxygens (including phenoxy) is 1. The van der Waals surface area contributed by atoms with Crippen molar-refractivity contribution in [2.45, 2.75) is 52.2 Å². The molecule has 1 aliphatic heterocycles. The Hall–Kier alpha value is -2.96. The topological polar surface area (TPSA) is 92.8 Å². The second-order valence-electron chi connectivity index (χ2n) is 8.20. The zero-order valence-electron chi connectivity index (χ0n) is 17.6. The van der Waals surface area contributed by atoms with Gasteiger partial charge in [0.15, 0.2) is 6.10 Å². The molecule has 0 spiro atoms. The fourth-order valence-corrected chi connectivity index (χ4v) is 4.08. The van der Waals surface area contributed by atoms with E-state index in [1.165, 1.54) is 31.2 Å². The van der Waals surface area contributed by atoms with Crippen LogP contribution in [0.4, 0.5) is 0 Å². The van der Waals surface area contributed by atoms with Gasteiger partial charge in [0, 0.05) is 12.6 Å². The third kappa shape index (κ3) is 4.15. The second kappa shape index (κ2) is 8.81. The highest BCUT2D eigenvalue weighted by Gasteiger charge is 2.36. The van der Waals surface area contributed by atoms with Crippen molar-refractivity contribution in [2.75, 3.05) is 6.54 Å². The lowest BCUT2D eigenvalue weighted by molar-refractivity contribution is -0.130. The Labute approximate surface area is 176 Å². The Morgan fingerprint density at radius 3 is 2.63 bits per heavy atom. The number of rotatable bonds is 6. The standard InChI is InChI=1S/C23H28N2O5/c1-5-11-25-21(27)17-10-9-16(12-18(17)22(25)28)23(29)30-15(4)20(26)24-19-8-6-7-13(2)14(19)3/h5,9-10,12-15,19H,1,6-8,11H2,2-4H3,(H,24,26)/t13-,14+,15+,19+/m0/s1. The van der Waals surface area contributed by atoms with Gasteiger partial charge in [0.1, 0.15) is 0 Å². The van der Waals surface area contributed by atoms with Gasteiger partial charge in [-0.15, -0.1) is 6.58 Å². The van der Waals surface area contributed by atoms with E-state index in [-0.39, 0.29) is 35.2 Å². The average molecular weight is 412 g/mol. The van der Waals surface area contributed by atoms with Gasteiger partial charge in [-0.05, 0) is 43.4 Å². The first-order valence-corrected chi connectivity index (χ1v) is 10.4. The number of esters is 1. The van der Waals surface area contributed by atoms with Gasteiger partial charge < -0.3 is 10.1 Å². The zero-order valence-corrected chi connectivity index (χ0v) is 17.6. The fraction of sp³-hybridized carbons (Fsp3) is 0.478. The average Bonchev–Trinajstić information content (AvgIpc) is 2.96. The molecule has 3 amide bonds. The molecular weight excluding hydrogens is 384 g/mol. The predicted molar refractivity (Wildman–Crippen MR) is 111 cm³/mol. The van der Waals surface area contributed by atoms with Gasteiger partial charge in [0.2, 0.25) is 0 Å². The summed E-state index contributed by atoms with van der Waals surface area (Å²) in [4.78, 5) is 50.8. The molecule has 4 atom stereocenters. The van der Waals surface area contributed by atoms with Crippen LogP contribution < -0.4 is 5.32 Å². The summed E-state index contributed by atoms with van der Waals surface area (Å²) in [5, 5.41) is 3.00. The van der Waals surface area contributed by atoms with Crippen LogP contribution >= 0.6 is 0 Å². The van der Waals surface area contributed by atoms with E-state index in [1.807, 2.05) is 0 Å². The van der Waals surface area contributed by atoms with Crippen molar-refractivity contribution in [3.63, 3.8) is 0 Å². The monoisotopic (exact) mass is 412 g/mol. The Morgan fingerprint density at radius 2 is 1.93 bits per heavy atom. The lowest BCUT2D eigenvalue weighted by Crippen LogP contribution is -2.47. The Balaban J connectivity index is 1.65. The van der Waals surface area contributed by atoms with E-state index >= 15 is 0 Å². The minimum absolute atomic E-state index is 0.0712. The van der Waals surface area contributed by atoms with Crippen molar-refractivity contribution in [3.8, 4) is 0 Å². The summed E-state index contributed by atoms with van der Waals surface area (Å²) in [7, 11) is 0. The number of carbonyl (C=O) groups excluding carboxylic acids is 4.